The first-order chi connectivity index (χ1) is 9.61. The maximum Gasteiger partial charge on any atom is 0.217 e. The number of hydrogen-bond donors (Lipinski definition) is 3. The van der Waals surface area contributed by atoms with Crippen LogP contribution in [0.25, 0.3) is 0 Å². The molecule has 1 atom stereocenters. The number of hydrogen-bond acceptors (Lipinski definition) is 5. The van der Waals surface area contributed by atoms with E-state index in [0.29, 0.717) is 29.3 Å². The van der Waals surface area contributed by atoms with Crippen LogP contribution in [0, 0.1) is 5.92 Å². The number of thioether (sulfide) groups is 1. The summed E-state index contributed by atoms with van der Waals surface area (Å²) in [6, 6.07) is 1.04. The highest BCUT2D eigenvalue weighted by Crippen LogP contribution is 2.37. The van der Waals surface area contributed by atoms with Crippen LogP contribution >= 0.6 is 11.8 Å². The molecule has 1 saturated carbocycles. The molecule has 5 nitrogen and oxygen atoms in total. The average Bonchev–Trinajstić information content (AvgIpc) is 2.80. The summed E-state index contributed by atoms with van der Waals surface area (Å²) in [5, 5.41) is 17.7. The topological polar surface area (TPSA) is 64.6 Å². The molecule has 0 radical (unpaired) electrons. The molecule has 3 aliphatic rings. The smallest absolute Gasteiger partial charge is 0.217 e. The van der Waals surface area contributed by atoms with Gasteiger partial charge >= 0.3 is 0 Å². The highest BCUT2D eigenvalue weighted by molar-refractivity contribution is 8.02. The van der Waals surface area contributed by atoms with Crippen molar-refractivity contribution in [3.05, 3.63) is 11.3 Å². The van der Waals surface area contributed by atoms with Gasteiger partial charge in [0.25, 0.3) is 0 Å². The monoisotopic (exact) mass is 297 g/mol. The molecule has 1 amide bonds. The minimum Gasteiger partial charge on any atom is -0.494 e. The maximum atomic E-state index is 11.0. The molecule has 0 spiro atoms. The first kappa shape index (κ1) is 14.1. The Morgan fingerprint density at radius 2 is 2.10 bits per heavy atom. The van der Waals surface area contributed by atoms with Gasteiger partial charge in [0, 0.05) is 31.5 Å². The Labute approximate surface area is 124 Å². The first-order valence-corrected chi connectivity index (χ1v) is 8.38. The Morgan fingerprint density at radius 1 is 1.40 bits per heavy atom. The van der Waals surface area contributed by atoms with E-state index >= 15 is 0 Å². The van der Waals surface area contributed by atoms with Gasteiger partial charge in [-0.05, 0) is 31.6 Å². The van der Waals surface area contributed by atoms with Gasteiger partial charge < -0.3 is 15.7 Å². The summed E-state index contributed by atoms with van der Waals surface area (Å²) in [6.07, 6.45) is 4.91. The summed E-state index contributed by atoms with van der Waals surface area (Å²) in [5.41, 5.74) is 0. The number of aliphatic hydroxyl groups is 1. The van der Waals surface area contributed by atoms with Crippen LogP contribution in [0.1, 0.15) is 32.6 Å². The van der Waals surface area contributed by atoms with Crippen molar-refractivity contribution < 1.29 is 9.90 Å². The zero-order valence-electron chi connectivity index (χ0n) is 11.8. The van der Waals surface area contributed by atoms with Crippen LogP contribution in [0.2, 0.25) is 0 Å². The predicted molar refractivity (Wildman–Crippen MR) is 80.2 cm³/mol. The van der Waals surface area contributed by atoms with Crippen LogP contribution in [0.4, 0.5) is 0 Å². The number of carbonyl (C=O) groups excluding carboxylic acids is 1. The second-order valence-electron chi connectivity index (χ2n) is 6.12. The Hall–Kier alpha value is -0.880. The van der Waals surface area contributed by atoms with Gasteiger partial charge in [0.05, 0.1) is 11.4 Å². The molecule has 1 unspecified atom stereocenters. The molecular weight excluding hydrogens is 274 g/mol. The zero-order valence-corrected chi connectivity index (χ0v) is 12.7. The van der Waals surface area contributed by atoms with Gasteiger partial charge in [0.2, 0.25) is 5.91 Å². The summed E-state index contributed by atoms with van der Waals surface area (Å²) >= 11 is 1.71. The number of amides is 1. The third-order valence-corrected chi connectivity index (χ3v) is 5.77. The average molecular weight is 297 g/mol. The second-order valence-corrected chi connectivity index (χ2v) is 7.14. The molecule has 0 aromatic carbocycles. The number of rotatable bonds is 3. The number of likely N-dealkylation sites (tertiary alicyclic amines) is 1. The highest BCUT2D eigenvalue weighted by atomic mass is 32.2. The number of carbonyl (C=O) groups is 1. The van der Waals surface area contributed by atoms with Crippen LogP contribution in [-0.2, 0) is 4.79 Å². The minimum atomic E-state index is 0.0787. The lowest BCUT2D eigenvalue weighted by Crippen LogP contribution is -2.62. The van der Waals surface area contributed by atoms with Crippen LogP contribution in [0.3, 0.4) is 0 Å². The predicted octanol–water partition coefficient (Wildman–Crippen LogP) is 1.38. The van der Waals surface area contributed by atoms with Crippen molar-refractivity contribution in [3.8, 4) is 0 Å². The minimum absolute atomic E-state index is 0.0787. The van der Waals surface area contributed by atoms with Crippen LogP contribution in [0.15, 0.2) is 11.3 Å². The molecule has 0 bridgehead atoms. The van der Waals surface area contributed by atoms with E-state index in [9.17, 15) is 9.90 Å². The molecule has 0 aromatic rings. The van der Waals surface area contributed by atoms with E-state index in [-0.39, 0.29) is 5.91 Å². The van der Waals surface area contributed by atoms with E-state index in [4.69, 9.17) is 0 Å². The molecule has 1 aliphatic carbocycles. The molecule has 2 fully saturated rings. The normalized spacial score (nSPS) is 35.0. The number of nitrogens with zero attached hydrogens (tertiary/aromatic N) is 1. The van der Waals surface area contributed by atoms with Gasteiger partial charge in [0.1, 0.15) is 0 Å². The fourth-order valence-electron chi connectivity index (χ4n) is 3.54. The van der Waals surface area contributed by atoms with E-state index in [2.05, 4.69) is 15.5 Å². The molecule has 112 valence electrons. The zero-order chi connectivity index (χ0) is 14.1. The van der Waals surface area contributed by atoms with Crippen molar-refractivity contribution in [2.75, 3.05) is 13.1 Å². The van der Waals surface area contributed by atoms with E-state index in [1.165, 1.54) is 25.7 Å². The summed E-state index contributed by atoms with van der Waals surface area (Å²) in [4.78, 5) is 13.5. The van der Waals surface area contributed by atoms with Crippen LogP contribution < -0.4 is 10.6 Å². The Bertz CT molecular complexity index is 401. The standard InChI is InChI=1S/C14H23N3O2S/c1-9(18)15-11-6-17(7-11)12-4-2-10(3-5-12)14-16-13(19)8-20-14/h8,10-12,14,16,19H,2-7H2,1H3,(H,15,18). The molecule has 2 heterocycles. The van der Waals surface area contributed by atoms with Crippen molar-refractivity contribution in [3.63, 3.8) is 0 Å². The Kier molecular flexibility index (Phi) is 4.12. The number of aliphatic hydroxyl groups excluding tert-OH is 1. The third-order valence-electron chi connectivity index (χ3n) is 4.62. The van der Waals surface area contributed by atoms with Gasteiger partial charge in [-0.3, -0.25) is 9.69 Å². The quantitative estimate of drug-likeness (QED) is 0.734. The molecule has 1 saturated heterocycles. The molecule has 3 rings (SSSR count). The lowest BCUT2D eigenvalue weighted by molar-refractivity contribution is -0.121. The molecule has 0 aromatic heterocycles. The van der Waals surface area contributed by atoms with E-state index in [1.807, 2.05) is 5.41 Å². The van der Waals surface area contributed by atoms with Crippen molar-refractivity contribution >= 4 is 17.7 Å². The second kappa shape index (κ2) is 5.85. The lowest BCUT2D eigenvalue weighted by Gasteiger charge is -2.47. The molecule has 6 heteroatoms. The van der Waals surface area contributed by atoms with Crippen LogP contribution in [-0.4, -0.2) is 46.5 Å². The van der Waals surface area contributed by atoms with E-state index in [0.717, 1.165) is 13.1 Å². The van der Waals surface area contributed by atoms with Gasteiger partial charge in [0.15, 0.2) is 5.88 Å². The fourth-order valence-corrected chi connectivity index (χ4v) is 4.57. The highest BCUT2D eigenvalue weighted by Gasteiger charge is 2.37. The molecular formula is C14H23N3O2S. The Morgan fingerprint density at radius 3 is 2.65 bits per heavy atom. The van der Waals surface area contributed by atoms with E-state index < -0.39 is 0 Å². The first-order valence-electron chi connectivity index (χ1n) is 7.44. The van der Waals surface area contributed by atoms with Gasteiger partial charge in [-0.2, -0.15) is 0 Å². The fraction of sp³-hybridized carbons (Fsp3) is 0.786. The van der Waals surface area contributed by atoms with Gasteiger partial charge in [-0.1, -0.05) is 0 Å². The van der Waals surface area contributed by atoms with Crippen molar-refractivity contribution in [1.82, 2.24) is 15.5 Å². The van der Waals surface area contributed by atoms with Gasteiger partial charge in [-0.25, -0.2) is 0 Å². The Balaban J connectivity index is 1.38. The lowest BCUT2D eigenvalue weighted by atomic mass is 9.83. The van der Waals surface area contributed by atoms with Crippen molar-refractivity contribution in [2.24, 2.45) is 5.92 Å². The van der Waals surface area contributed by atoms with Crippen LogP contribution in [0.5, 0.6) is 0 Å². The maximum absolute atomic E-state index is 11.0. The van der Waals surface area contributed by atoms with Gasteiger partial charge in [-0.15, -0.1) is 11.8 Å². The summed E-state index contributed by atoms with van der Waals surface area (Å²) < 4.78 is 0. The van der Waals surface area contributed by atoms with Crippen molar-refractivity contribution in [2.45, 2.75) is 50.1 Å². The molecule has 20 heavy (non-hydrogen) atoms. The summed E-state index contributed by atoms with van der Waals surface area (Å²) in [6.45, 7) is 3.60. The van der Waals surface area contributed by atoms with Crippen molar-refractivity contribution in [1.29, 1.82) is 0 Å². The molecule has 3 N–H and O–H groups in total. The molecule has 2 aliphatic heterocycles. The van der Waals surface area contributed by atoms with E-state index in [1.54, 1.807) is 18.7 Å². The third kappa shape index (κ3) is 3.06. The summed E-state index contributed by atoms with van der Waals surface area (Å²) in [7, 11) is 0. The summed E-state index contributed by atoms with van der Waals surface area (Å²) in [5.74, 6) is 1.06. The SMILES string of the molecule is CC(=O)NC1CN(C2CCC(C3NC(O)=CS3)CC2)C1. The largest absolute Gasteiger partial charge is 0.494 e. The number of nitrogens with one attached hydrogen (secondary N) is 2.